The van der Waals surface area contributed by atoms with Gasteiger partial charge in [0.2, 0.25) is 5.91 Å². The summed E-state index contributed by atoms with van der Waals surface area (Å²) < 4.78 is 0. The highest BCUT2D eigenvalue weighted by Crippen LogP contribution is 2.11. The molecule has 1 amide bonds. The van der Waals surface area contributed by atoms with Gasteiger partial charge in [0.25, 0.3) is 0 Å². The fourth-order valence-corrected chi connectivity index (χ4v) is 1.53. The molecule has 0 aliphatic carbocycles. The number of hydrogen-bond donors (Lipinski definition) is 2. The van der Waals surface area contributed by atoms with Gasteiger partial charge in [-0.1, -0.05) is 6.92 Å². The summed E-state index contributed by atoms with van der Waals surface area (Å²) in [5, 5.41) is 0. The highest BCUT2D eigenvalue weighted by Gasteiger charge is 2.23. The average Bonchev–Trinajstić information content (AvgIpc) is 2.17. The molecular weight excluding hydrogens is 166 g/mol. The molecule has 0 radical (unpaired) electrons. The first-order chi connectivity index (χ1) is 6.15. The largest absolute Gasteiger partial charge is 0.342 e. The molecule has 1 saturated heterocycles. The fraction of sp³-hybridized carbons (Fsp3) is 0.889. The van der Waals surface area contributed by atoms with Gasteiger partial charge in [-0.2, -0.15) is 0 Å². The summed E-state index contributed by atoms with van der Waals surface area (Å²) in [4.78, 5) is 13.5. The third-order valence-corrected chi connectivity index (χ3v) is 2.63. The minimum Gasteiger partial charge on any atom is -0.342 e. The maximum atomic E-state index is 11.6. The number of likely N-dealkylation sites (tertiary alicyclic amines) is 1. The van der Waals surface area contributed by atoms with Crippen molar-refractivity contribution in [3.05, 3.63) is 0 Å². The van der Waals surface area contributed by atoms with Crippen LogP contribution in [0.4, 0.5) is 0 Å². The van der Waals surface area contributed by atoms with Gasteiger partial charge < -0.3 is 16.4 Å². The van der Waals surface area contributed by atoms with Gasteiger partial charge in [-0.3, -0.25) is 4.79 Å². The third kappa shape index (κ3) is 2.67. The molecule has 0 aromatic carbocycles. The van der Waals surface area contributed by atoms with Gasteiger partial charge in [0.05, 0.1) is 0 Å². The number of carbonyl (C=O) groups excluding carboxylic acids is 1. The zero-order valence-electron chi connectivity index (χ0n) is 8.20. The van der Waals surface area contributed by atoms with Crippen LogP contribution in [0, 0.1) is 5.92 Å². The second-order valence-electron chi connectivity index (χ2n) is 3.80. The Hall–Kier alpha value is -0.610. The van der Waals surface area contributed by atoms with Crippen LogP contribution in [0.15, 0.2) is 0 Å². The van der Waals surface area contributed by atoms with E-state index in [9.17, 15) is 4.79 Å². The van der Waals surface area contributed by atoms with Crippen LogP contribution < -0.4 is 11.5 Å². The maximum Gasteiger partial charge on any atom is 0.226 e. The van der Waals surface area contributed by atoms with Gasteiger partial charge in [-0.05, 0) is 12.8 Å². The Bertz CT molecular complexity index is 176. The number of nitrogens with zero attached hydrogens (tertiary/aromatic N) is 1. The molecule has 1 heterocycles. The molecule has 4 N–H and O–H groups in total. The van der Waals surface area contributed by atoms with E-state index in [1.54, 1.807) is 0 Å². The Balaban J connectivity index is 2.40. The Morgan fingerprint density at radius 1 is 1.54 bits per heavy atom. The van der Waals surface area contributed by atoms with Crippen molar-refractivity contribution < 1.29 is 4.79 Å². The highest BCUT2D eigenvalue weighted by molar-refractivity contribution is 5.78. The van der Waals surface area contributed by atoms with Gasteiger partial charge in [0.15, 0.2) is 0 Å². The zero-order chi connectivity index (χ0) is 9.84. The molecule has 1 aliphatic heterocycles. The Morgan fingerprint density at radius 3 is 2.54 bits per heavy atom. The number of rotatable bonds is 2. The lowest BCUT2D eigenvalue weighted by Gasteiger charge is -2.31. The van der Waals surface area contributed by atoms with Crippen molar-refractivity contribution in [1.29, 1.82) is 0 Å². The van der Waals surface area contributed by atoms with E-state index in [0.717, 1.165) is 25.9 Å². The van der Waals surface area contributed by atoms with Crippen LogP contribution in [0.3, 0.4) is 0 Å². The van der Waals surface area contributed by atoms with E-state index in [1.165, 1.54) is 0 Å². The van der Waals surface area contributed by atoms with Crippen molar-refractivity contribution >= 4 is 5.91 Å². The molecule has 4 nitrogen and oxygen atoms in total. The first-order valence-corrected chi connectivity index (χ1v) is 4.89. The van der Waals surface area contributed by atoms with E-state index in [-0.39, 0.29) is 17.9 Å². The number of hydrogen-bond acceptors (Lipinski definition) is 3. The lowest BCUT2D eigenvalue weighted by atomic mass is 10.0. The van der Waals surface area contributed by atoms with E-state index in [0.29, 0.717) is 6.54 Å². The Morgan fingerprint density at radius 2 is 2.08 bits per heavy atom. The van der Waals surface area contributed by atoms with Crippen molar-refractivity contribution in [2.24, 2.45) is 17.4 Å². The minimum absolute atomic E-state index is 0.0469. The number of nitrogens with two attached hydrogens (primary N) is 2. The molecule has 0 spiro atoms. The predicted molar refractivity (Wildman–Crippen MR) is 52.0 cm³/mol. The van der Waals surface area contributed by atoms with E-state index < -0.39 is 0 Å². The quantitative estimate of drug-likeness (QED) is 0.611. The standard InChI is InChI=1S/C9H19N3O/c1-7(6-10)9(13)12-4-2-8(11)3-5-12/h7-8H,2-6,10-11H2,1H3. The normalized spacial score (nSPS) is 21.6. The van der Waals surface area contributed by atoms with Crippen LogP contribution in [0.25, 0.3) is 0 Å². The predicted octanol–water partition coefficient (Wildman–Crippen LogP) is -0.469. The van der Waals surface area contributed by atoms with Crippen LogP contribution in [0.5, 0.6) is 0 Å². The molecule has 1 unspecified atom stereocenters. The van der Waals surface area contributed by atoms with Crippen molar-refractivity contribution in [3.63, 3.8) is 0 Å². The summed E-state index contributed by atoms with van der Waals surface area (Å²) in [6.45, 7) is 3.90. The summed E-state index contributed by atoms with van der Waals surface area (Å²) in [5.41, 5.74) is 11.2. The molecule has 13 heavy (non-hydrogen) atoms. The second-order valence-corrected chi connectivity index (χ2v) is 3.80. The lowest BCUT2D eigenvalue weighted by molar-refractivity contribution is -0.135. The molecule has 76 valence electrons. The molecular formula is C9H19N3O. The van der Waals surface area contributed by atoms with Gasteiger partial charge in [-0.15, -0.1) is 0 Å². The van der Waals surface area contributed by atoms with E-state index in [1.807, 2.05) is 11.8 Å². The summed E-state index contributed by atoms with van der Waals surface area (Å²) in [6, 6.07) is 0.275. The molecule has 0 aromatic rings. The number of amides is 1. The van der Waals surface area contributed by atoms with Gasteiger partial charge >= 0.3 is 0 Å². The molecule has 1 rings (SSSR count). The van der Waals surface area contributed by atoms with Crippen LogP contribution in [0.2, 0.25) is 0 Å². The number of piperidine rings is 1. The Labute approximate surface area is 79.3 Å². The SMILES string of the molecule is CC(CN)C(=O)N1CCC(N)CC1. The molecule has 0 bridgehead atoms. The van der Waals surface area contributed by atoms with E-state index in [4.69, 9.17) is 11.5 Å². The van der Waals surface area contributed by atoms with Gasteiger partial charge in [0, 0.05) is 31.6 Å². The summed E-state index contributed by atoms with van der Waals surface area (Å²) in [7, 11) is 0. The van der Waals surface area contributed by atoms with Crippen molar-refractivity contribution in [2.75, 3.05) is 19.6 Å². The monoisotopic (exact) mass is 185 g/mol. The van der Waals surface area contributed by atoms with Gasteiger partial charge in [0.1, 0.15) is 0 Å². The molecule has 0 aromatic heterocycles. The Kier molecular flexibility index (Phi) is 3.69. The van der Waals surface area contributed by atoms with Crippen molar-refractivity contribution in [2.45, 2.75) is 25.8 Å². The van der Waals surface area contributed by atoms with Gasteiger partial charge in [-0.25, -0.2) is 0 Å². The topological polar surface area (TPSA) is 72.4 Å². The summed E-state index contributed by atoms with van der Waals surface area (Å²) in [5.74, 6) is 0.128. The third-order valence-electron chi connectivity index (χ3n) is 2.63. The second kappa shape index (κ2) is 4.58. The van der Waals surface area contributed by atoms with Crippen molar-refractivity contribution in [1.82, 2.24) is 4.90 Å². The van der Waals surface area contributed by atoms with Crippen molar-refractivity contribution in [3.8, 4) is 0 Å². The summed E-state index contributed by atoms with van der Waals surface area (Å²) in [6.07, 6.45) is 1.84. The summed E-state index contributed by atoms with van der Waals surface area (Å²) >= 11 is 0. The maximum absolute atomic E-state index is 11.6. The molecule has 1 aliphatic rings. The average molecular weight is 185 g/mol. The van der Waals surface area contributed by atoms with Crippen LogP contribution in [-0.4, -0.2) is 36.5 Å². The first-order valence-electron chi connectivity index (χ1n) is 4.89. The van der Waals surface area contributed by atoms with E-state index in [2.05, 4.69) is 0 Å². The lowest BCUT2D eigenvalue weighted by Crippen LogP contribution is -2.45. The first kappa shape index (κ1) is 10.5. The number of carbonyl (C=O) groups is 1. The molecule has 1 fully saturated rings. The van der Waals surface area contributed by atoms with E-state index >= 15 is 0 Å². The highest BCUT2D eigenvalue weighted by atomic mass is 16.2. The fourth-order valence-electron chi connectivity index (χ4n) is 1.53. The molecule has 0 saturated carbocycles. The van der Waals surface area contributed by atoms with Crippen LogP contribution in [-0.2, 0) is 4.79 Å². The van der Waals surface area contributed by atoms with Crippen LogP contribution in [0.1, 0.15) is 19.8 Å². The molecule has 1 atom stereocenters. The smallest absolute Gasteiger partial charge is 0.226 e. The van der Waals surface area contributed by atoms with Crippen LogP contribution >= 0.6 is 0 Å². The molecule has 4 heteroatoms. The zero-order valence-corrected chi connectivity index (χ0v) is 8.20. The minimum atomic E-state index is -0.0469.